The van der Waals surface area contributed by atoms with Crippen LogP contribution >= 0.6 is 0 Å². The molecule has 2 rings (SSSR count). The molecule has 1 heterocycles. The van der Waals surface area contributed by atoms with Crippen LogP contribution in [0.1, 0.15) is 71.4 Å². The Morgan fingerprint density at radius 2 is 2.05 bits per heavy atom. The highest BCUT2D eigenvalue weighted by atomic mass is 15.2. The fourth-order valence-corrected chi connectivity index (χ4v) is 3.62. The van der Waals surface area contributed by atoms with E-state index in [4.69, 9.17) is 0 Å². The van der Waals surface area contributed by atoms with Gasteiger partial charge in [0.25, 0.3) is 0 Å². The minimum atomic E-state index is 0.264. The lowest BCUT2D eigenvalue weighted by Crippen LogP contribution is -2.48. The summed E-state index contributed by atoms with van der Waals surface area (Å²) in [6.45, 7) is 15.9. The maximum absolute atomic E-state index is 3.52. The molecule has 1 N–H and O–H groups in total. The summed E-state index contributed by atoms with van der Waals surface area (Å²) in [5.41, 5.74) is 4.66. The van der Waals surface area contributed by atoms with E-state index in [1.165, 1.54) is 29.7 Å². The average molecular weight is 288 g/mol. The van der Waals surface area contributed by atoms with Gasteiger partial charge in [-0.1, -0.05) is 39.8 Å². The number of nitrogens with one attached hydrogen (secondary N) is 1. The Hall–Kier alpha value is -1.02. The molecule has 118 valence electrons. The van der Waals surface area contributed by atoms with Gasteiger partial charge in [0, 0.05) is 30.4 Å². The molecule has 0 radical (unpaired) electrons. The minimum Gasteiger partial charge on any atom is -0.366 e. The highest BCUT2D eigenvalue weighted by Gasteiger charge is 2.35. The van der Waals surface area contributed by atoms with E-state index in [9.17, 15) is 0 Å². The van der Waals surface area contributed by atoms with Crippen LogP contribution < -0.4 is 10.2 Å². The average Bonchev–Trinajstić information content (AvgIpc) is 2.40. The van der Waals surface area contributed by atoms with Gasteiger partial charge in [0.2, 0.25) is 0 Å². The van der Waals surface area contributed by atoms with Crippen LogP contribution in [0.5, 0.6) is 0 Å². The van der Waals surface area contributed by atoms with Gasteiger partial charge in [-0.3, -0.25) is 0 Å². The second-order valence-corrected chi connectivity index (χ2v) is 7.50. The zero-order chi connectivity index (χ0) is 15.6. The van der Waals surface area contributed by atoms with Crippen molar-refractivity contribution >= 4 is 5.69 Å². The topological polar surface area (TPSA) is 15.3 Å². The Morgan fingerprint density at radius 3 is 2.67 bits per heavy atom. The predicted octanol–water partition coefficient (Wildman–Crippen LogP) is 4.69. The lowest BCUT2D eigenvalue weighted by atomic mass is 9.79. The van der Waals surface area contributed by atoms with Crippen molar-refractivity contribution in [3.05, 3.63) is 29.3 Å². The first-order valence-electron chi connectivity index (χ1n) is 8.49. The molecule has 0 amide bonds. The predicted molar refractivity (Wildman–Crippen MR) is 93.2 cm³/mol. The summed E-state index contributed by atoms with van der Waals surface area (Å²) >= 11 is 0. The van der Waals surface area contributed by atoms with E-state index in [0.717, 1.165) is 13.1 Å². The summed E-state index contributed by atoms with van der Waals surface area (Å²) in [6.07, 6.45) is 2.44. The number of hydrogen-bond donors (Lipinski definition) is 1. The van der Waals surface area contributed by atoms with Gasteiger partial charge in [0.1, 0.15) is 0 Å². The van der Waals surface area contributed by atoms with Crippen LogP contribution in [0, 0.1) is 0 Å². The number of nitrogens with zero attached hydrogens (tertiary/aromatic N) is 1. The van der Waals surface area contributed by atoms with Crippen LogP contribution in [0.2, 0.25) is 0 Å². The molecule has 1 aliphatic rings. The number of anilines is 1. The number of fused-ring (bicyclic) bond motifs is 1. The van der Waals surface area contributed by atoms with E-state index in [2.05, 4.69) is 70.0 Å². The van der Waals surface area contributed by atoms with Gasteiger partial charge < -0.3 is 10.2 Å². The summed E-state index contributed by atoms with van der Waals surface area (Å²) in [4.78, 5) is 2.61. The Morgan fingerprint density at radius 1 is 1.33 bits per heavy atom. The summed E-state index contributed by atoms with van der Waals surface area (Å²) in [5, 5.41) is 3.52. The molecule has 21 heavy (non-hydrogen) atoms. The maximum atomic E-state index is 3.52. The quantitative estimate of drug-likeness (QED) is 0.846. The summed E-state index contributed by atoms with van der Waals surface area (Å²) in [7, 11) is 0. The Bertz CT molecular complexity index is 476. The second-order valence-electron chi connectivity index (χ2n) is 7.50. The molecule has 0 saturated carbocycles. The molecular formula is C19H32N2. The third-order valence-corrected chi connectivity index (χ3v) is 4.61. The molecule has 0 fully saturated rings. The van der Waals surface area contributed by atoms with E-state index in [1.54, 1.807) is 0 Å². The van der Waals surface area contributed by atoms with Crippen molar-refractivity contribution in [2.24, 2.45) is 0 Å². The van der Waals surface area contributed by atoms with Gasteiger partial charge in [0.15, 0.2) is 0 Å². The lowest BCUT2D eigenvalue weighted by molar-refractivity contribution is 0.376. The maximum Gasteiger partial charge on any atom is 0.0406 e. The Labute approximate surface area is 130 Å². The van der Waals surface area contributed by atoms with Crippen LogP contribution in [-0.2, 0) is 6.54 Å². The normalized spacial score (nSPS) is 20.7. The highest BCUT2D eigenvalue weighted by Crippen LogP contribution is 2.43. The fourth-order valence-electron chi connectivity index (χ4n) is 3.62. The van der Waals surface area contributed by atoms with Crippen molar-refractivity contribution in [3.63, 3.8) is 0 Å². The number of rotatable bonds is 5. The largest absolute Gasteiger partial charge is 0.366 e. The second kappa shape index (κ2) is 6.39. The van der Waals surface area contributed by atoms with Crippen molar-refractivity contribution in [2.75, 3.05) is 11.4 Å². The van der Waals surface area contributed by atoms with E-state index in [0.29, 0.717) is 12.0 Å². The third kappa shape index (κ3) is 3.60. The molecule has 2 heteroatoms. The molecule has 1 atom stereocenters. The molecule has 0 bridgehead atoms. The van der Waals surface area contributed by atoms with Gasteiger partial charge in [-0.05, 0) is 49.8 Å². The standard InChI is InChI=1S/C19H32N2/c1-7-10-21-18-9-8-16(13-20-14(2)3)11-17(18)15(4)12-19(21,5)6/h8-9,11,14-15,20H,7,10,12-13H2,1-6H3. The monoisotopic (exact) mass is 288 g/mol. The molecule has 1 aromatic carbocycles. The zero-order valence-electron chi connectivity index (χ0n) is 14.7. The minimum absolute atomic E-state index is 0.264. The highest BCUT2D eigenvalue weighted by molar-refractivity contribution is 5.60. The van der Waals surface area contributed by atoms with Crippen molar-refractivity contribution in [2.45, 2.75) is 78.4 Å². The first kappa shape index (κ1) is 16.4. The van der Waals surface area contributed by atoms with Gasteiger partial charge >= 0.3 is 0 Å². The molecule has 0 aromatic heterocycles. The van der Waals surface area contributed by atoms with Crippen molar-refractivity contribution in [3.8, 4) is 0 Å². The van der Waals surface area contributed by atoms with Gasteiger partial charge in [-0.15, -0.1) is 0 Å². The van der Waals surface area contributed by atoms with Crippen LogP contribution in [0.4, 0.5) is 5.69 Å². The fraction of sp³-hybridized carbons (Fsp3) is 0.684. The summed E-state index contributed by atoms with van der Waals surface area (Å²) in [6, 6.07) is 7.60. The molecular weight excluding hydrogens is 256 g/mol. The zero-order valence-corrected chi connectivity index (χ0v) is 14.7. The van der Waals surface area contributed by atoms with Gasteiger partial charge in [-0.2, -0.15) is 0 Å². The van der Waals surface area contributed by atoms with E-state index < -0.39 is 0 Å². The number of benzene rings is 1. The first-order valence-corrected chi connectivity index (χ1v) is 8.49. The van der Waals surface area contributed by atoms with Crippen molar-refractivity contribution in [1.82, 2.24) is 5.32 Å². The molecule has 2 nitrogen and oxygen atoms in total. The molecule has 1 unspecified atom stereocenters. The molecule has 1 aliphatic heterocycles. The molecule has 0 spiro atoms. The molecule has 1 aromatic rings. The van der Waals surface area contributed by atoms with E-state index >= 15 is 0 Å². The molecule has 0 saturated heterocycles. The number of hydrogen-bond acceptors (Lipinski definition) is 2. The third-order valence-electron chi connectivity index (χ3n) is 4.61. The summed E-state index contributed by atoms with van der Waals surface area (Å²) < 4.78 is 0. The first-order chi connectivity index (χ1) is 9.85. The lowest BCUT2D eigenvalue weighted by Gasteiger charge is -2.47. The smallest absolute Gasteiger partial charge is 0.0406 e. The Kier molecular flexibility index (Phi) is 4.98. The Balaban J connectivity index is 2.31. The van der Waals surface area contributed by atoms with Crippen LogP contribution in [-0.4, -0.2) is 18.1 Å². The van der Waals surface area contributed by atoms with Crippen molar-refractivity contribution < 1.29 is 0 Å². The van der Waals surface area contributed by atoms with E-state index in [-0.39, 0.29) is 5.54 Å². The molecule has 0 aliphatic carbocycles. The van der Waals surface area contributed by atoms with Crippen LogP contribution in [0.15, 0.2) is 18.2 Å². The summed E-state index contributed by atoms with van der Waals surface area (Å²) in [5.74, 6) is 0.641. The van der Waals surface area contributed by atoms with Crippen LogP contribution in [0.25, 0.3) is 0 Å². The van der Waals surface area contributed by atoms with Gasteiger partial charge in [-0.25, -0.2) is 0 Å². The van der Waals surface area contributed by atoms with E-state index in [1.807, 2.05) is 0 Å². The van der Waals surface area contributed by atoms with Crippen molar-refractivity contribution in [1.29, 1.82) is 0 Å². The SMILES string of the molecule is CCCN1c2ccc(CNC(C)C)cc2C(C)CC1(C)C. The van der Waals surface area contributed by atoms with Gasteiger partial charge in [0.05, 0.1) is 0 Å². The van der Waals surface area contributed by atoms with Crippen LogP contribution in [0.3, 0.4) is 0 Å².